The van der Waals surface area contributed by atoms with Gasteiger partial charge in [0.2, 0.25) is 5.82 Å². The van der Waals surface area contributed by atoms with Gasteiger partial charge in [-0.1, -0.05) is 60.1 Å². The fourth-order valence-electron chi connectivity index (χ4n) is 2.81. The fraction of sp³-hybridized carbons (Fsp3) is 0. The number of para-hydroxylation sites is 1. The summed E-state index contributed by atoms with van der Waals surface area (Å²) in [6, 6.07) is 25.7. The van der Waals surface area contributed by atoms with E-state index in [4.69, 9.17) is 16.9 Å². The van der Waals surface area contributed by atoms with E-state index < -0.39 is 5.91 Å². The highest BCUT2D eigenvalue weighted by molar-refractivity contribution is 6.31. The molecule has 0 aliphatic heterocycles. The van der Waals surface area contributed by atoms with Gasteiger partial charge in [-0.2, -0.15) is 5.26 Å². The number of nitrogens with one attached hydrogen (secondary N) is 1. The van der Waals surface area contributed by atoms with E-state index in [9.17, 15) is 4.79 Å². The van der Waals surface area contributed by atoms with Gasteiger partial charge in [-0.3, -0.25) is 4.79 Å². The van der Waals surface area contributed by atoms with Gasteiger partial charge < -0.3 is 5.32 Å². The van der Waals surface area contributed by atoms with Crippen LogP contribution in [0.15, 0.2) is 78.9 Å². The highest BCUT2D eigenvalue weighted by Gasteiger charge is 2.19. The van der Waals surface area contributed by atoms with Crippen molar-refractivity contribution in [1.82, 2.24) is 14.8 Å². The SMILES string of the molecule is N#Cc1cc(NC(=O)c2nc(-c3ccccc3)n(-c3ccccc3)n2)ccc1Cl. The van der Waals surface area contributed by atoms with E-state index in [0.717, 1.165) is 11.3 Å². The highest BCUT2D eigenvalue weighted by Crippen LogP contribution is 2.23. The second-order valence-electron chi connectivity index (χ2n) is 6.13. The maximum Gasteiger partial charge on any atom is 0.295 e. The molecule has 140 valence electrons. The van der Waals surface area contributed by atoms with Crippen LogP contribution in [0.5, 0.6) is 0 Å². The fourth-order valence-corrected chi connectivity index (χ4v) is 2.97. The zero-order valence-corrected chi connectivity index (χ0v) is 15.8. The molecule has 1 amide bonds. The molecule has 1 aromatic heterocycles. The smallest absolute Gasteiger partial charge is 0.295 e. The van der Waals surface area contributed by atoms with Crippen LogP contribution in [0.2, 0.25) is 5.02 Å². The van der Waals surface area contributed by atoms with E-state index in [0.29, 0.717) is 16.5 Å². The first-order valence-electron chi connectivity index (χ1n) is 8.74. The van der Waals surface area contributed by atoms with Crippen molar-refractivity contribution < 1.29 is 4.79 Å². The quantitative estimate of drug-likeness (QED) is 0.538. The molecule has 3 aromatic carbocycles. The Labute approximate surface area is 172 Å². The van der Waals surface area contributed by atoms with Gasteiger partial charge in [-0.25, -0.2) is 9.67 Å². The van der Waals surface area contributed by atoms with Crippen LogP contribution in [0.25, 0.3) is 17.1 Å². The first-order valence-corrected chi connectivity index (χ1v) is 9.12. The summed E-state index contributed by atoms with van der Waals surface area (Å²) in [4.78, 5) is 17.2. The van der Waals surface area contributed by atoms with Crippen LogP contribution >= 0.6 is 11.6 Å². The zero-order chi connectivity index (χ0) is 20.2. The van der Waals surface area contributed by atoms with Gasteiger partial charge in [-0.05, 0) is 30.3 Å². The van der Waals surface area contributed by atoms with Crippen LogP contribution in [0.3, 0.4) is 0 Å². The minimum atomic E-state index is -0.483. The van der Waals surface area contributed by atoms with Gasteiger partial charge in [-0.15, -0.1) is 5.10 Å². The molecule has 0 unspecified atom stereocenters. The van der Waals surface area contributed by atoms with Crippen molar-refractivity contribution in [3.05, 3.63) is 95.3 Å². The first kappa shape index (κ1) is 18.4. The number of aromatic nitrogens is 3. The third-order valence-corrected chi connectivity index (χ3v) is 4.52. The second-order valence-corrected chi connectivity index (χ2v) is 6.54. The number of carbonyl (C=O) groups is 1. The van der Waals surface area contributed by atoms with Crippen molar-refractivity contribution in [2.45, 2.75) is 0 Å². The highest BCUT2D eigenvalue weighted by atomic mass is 35.5. The summed E-state index contributed by atoms with van der Waals surface area (Å²) in [6.07, 6.45) is 0. The van der Waals surface area contributed by atoms with Gasteiger partial charge in [0.15, 0.2) is 5.82 Å². The van der Waals surface area contributed by atoms with E-state index >= 15 is 0 Å². The lowest BCUT2D eigenvalue weighted by Crippen LogP contribution is -2.14. The summed E-state index contributed by atoms with van der Waals surface area (Å²) in [6.45, 7) is 0. The van der Waals surface area contributed by atoms with E-state index in [1.807, 2.05) is 66.7 Å². The van der Waals surface area contributed by atoms with Gasteiger partial charge in [0.1, 0.15) is 6.07 Å². The summed E-state index contributed by atoms with van der Waals surface area (Å²) in [7, 11) is 0. The van der Waals surface area contributed by atoms with E-state index in [2.05, 4.69) is 15.4 Å². The Hall–Kier alpha value is -3.95. The molecule has 7 heteroatoms. The van der Waals surface area contributed by atoms with E-state index in [-0.39, 0.29) is 11.4 Å². The Kier molecular flexibility index (Phi) is 5.06. The number of benzene rings is 3. The molecular formula is C22H14ClN5O. The Morgan fingerprint density at radius 1 is 1.00 bits per heavy atom. The van der Waals surface area contributed by atoms with Crippen molar-refractivity contribution in [2.75, 3.05) is 5.32 Å². The summed E-state index contributed by atoms with van der Waals surface area (Å²) < 4.78 is 1.63. The Morgan fingerprint density at radius 2 is 1.69 bits per heavy atom. The molecule has 0 saturated carbocycles. The molecule has 4 rings (SSSR count). The molecule has 0 saturated heterocycles. The van der Waals surface area contributed by atoms with Crippen LogP contribution in [0.1, 0.15) is 16.2 Å². The first-order chi connectivity index (χ1) is 14.2. The number of halogens is 1. The minimum absolute atomic E-state index is 0.0150. The maximum atomic E-state index is 12.8. The third kappa shape index (κ3) is 3.86. The van der Waals surface area contributed by atoms with Gasteiger partial charge in [0.05, 0.1) is 16.3 Å². The number of amides is 1. The van der Waals surface area contributed by atoms with Crippen molar-refractivity contribution in [1.29, 1.82) is 5.26 Å². The average molecular weight is 400 g/mol. The molecule has 0 bridgehead atoms. The minimum Gasteiger partial charge on any atom is -0.319 e. The molecule has 0 radical (unpaired) electrons. The number of hydrogen-bond donors (Lipinski definition) is 1. The molecule has 1 N–H and O–H groups in total. The molecule has 0 aliphatic rings. The molecule has 29 heavy (non-hydrogen) atoms. The largest absolute Gasteiger partial charge is 0.319 e. The maximum absolute atomic E-state index is 12.8. The molecule has 0 atom stereocenters. The summed E-state index contributed by atoms with van der Waals surface area (Å²) in [5.41, 5.74) is 2.34. The lowest BCUT2D eigenvalue weighted by atomic mass is 10.2. The van der Waals surface area contributed by atoms with Gasteiger partial charge >= 0.3 is 0 Å². The van der Waals surface area contributed by atoms with Crippen molar-refractivity contribution in [3.63, 3.8) is 0 Å². The molecule has 6 nitrogen and oxygen atoms in total. The standard InChI is InChI=1S/C22H14ClN5O/c23-19-12-11-17(13-16(19)14-24)25-22(29)20-26-21(15-7-3-1-4-8-15)28(27-20)18-9-5-2-6-10-18/h1-13H,(H,25,29). The number of carbonyl (C=O) groups excluding carboxylic acids is 1. The predicted molar refractivity (Wildman–Crippen MR) is 111 cm³/mol. The van der Waals surface area contributed by atoms with Crippen LogP contribution in [-0.2, 0) is 0 Å². The summed E-state index contributed by atoms with van der Waals surface area (Å²) in [5.74, 6) is 0.0833. The molecular weight excluding hydrogens is 386 g/mol. The summed E-state index contributed by atoms with van der Waals surface area (Å²) in [5, 5.41) is 16.6. The van der Waals surface area contributed by atoms with Crippen molar-refractivity contribution >= 4 is 23.2 Å². The lowest BCUT2D eigenvalue weighted by Gasteiger charge is -2.05. The van der Waals surface area contributed by atoms with E-state index in [1.54, 1.807) is 16.8 Å². The number of rotatable bonds is 4. The van der Waals surface area contributed by atoms with Crippen LogP contribution in [-0.4, -0.2) is 20.7 Å². The molecule has 4 aromatic rings. The van der Waals surface area contributed by atoms with Gasteiger partial charge in [0.25, 0.3) is 5.91 Å². The van der Waals surface area contributed by atoms with Crippen LogP contribution in [0.4, 0.5) is 5.69 Å². The van der Waals surface area contributed by atoms with Crippen molar-refractivity contribution in [3.8, 4) is 23.1 Å². The normalized spacial score (nSPS) is 10.3. The summed E-state index contributed by atoms with van der Waals surface area (Å²) >= 11 is 5.95. The Balaban J connectivity index is 1.72. The Bertz CT molecular complexity index is 1160. The second kappa shape index (κ2) is 7.97. The van der Waals surface area contributed by atoms with Gasteiger partial charge in [0, 0.05) is 11.3 Å². The van der Waals surface area contributed by atoms with E-state index in [1.165, 1.54) is 6.07 Å². The molecule has 0 aliphatic carbocycles. The monoisotopic (exact) mass is 399 g/mol. The van der Waals surface area contributed by atoms with Crippen LogP contribution in [0, 0.1) is 11.3 Å². The number of hydrogen-bond acceptors (Lipinski definition) is 4. The molecule has 0 spiro atoms. The average Bonchev–Trinajstić information content (AvgIpc) is 3.22. The molecule has 0 fully saturated rings. The third-order valence-electron chi connectivity index (χ3n) is 4.19. The predicted octanol–water partition coefficient (Wildman–Crippen LogP) is 4.71. The topological polar surface area (TPSA) is 83.6 Å². The zero-order valence-electron chi connectivity index (χ0n) is 15.1. The Morgan fingerprint density at radius 3 is 2.38 bits per heavy atom. The van der Waals surface area contributed by atoms with Crippen molar-refractivity contribution in [2.24, 2.45) is 0 Å². The number of anilines is 1. The number of nitrogens with zero attached hydrogens (tertiary/aromatic N) is 4. The number of nitriles is 1. The lowest BCUT2D eigenvalue weighted by molar-refractivity contribution is 0.101. The molecule has 1 heterocycles. The van der Waals surface area contributed by atoms with Crippen LogP contribution < -0.4 is 5.32 Å².